The number of nitrogens with zero attached hydrogens (tertiary/aromatic N) is 3. The zero-order valence-electron chi connectivity index (χ0n) is 10.7. The van der Waals surface area contributed by atoms with Crippen LogP contribution in [0.4, 0.5) is 20.3 Å². The third-order valence-corrected chi connectivity index (χ3v) is 2.64. The van der Waals surface area contributed by atoms with E-state index in [2.05, 4.69) is 5.10 Å². The zero-order chi connectivity index (χ0) is 13.7. The molecule has 0 saturated carbocycles. The van der Waals surface area contributed by atoms with E-state index in [0.717, 1.165) is 6.42 Å². The Balaban J connectivity index is 3.02. The van der Waals surface area contributed by atoms with Gasteiger partial charge in [-0.1, -0.05) is 13.3 Å². The van der Waals surface area contributed by atoms with Crippen molar-refractivity contribution in [2.75, 3.05) is 30.3 Å². The van der Waals surface area contributed by atoms with Gasteiger partial charge >= 0.3 is 0 Å². The van der Waals surface area contributed by atoms with Crippen molar-refractivity contribution >= 4 is 11.5 Å². The van der Waals surface area contributed by atoms with Gasteiger partial charge in [-0.3, -0.25) is 4.68 Å². The van der Waals surface area contributed by atoms with Crippen LogP contribution in [0.25, 0.3) is 0 Å². The number of hydrogen-bond donors (Lipinski definition) is 2. The number of aromatic nitrogens is 2. The summed E-state index contributed by atoms with van der Waals surface area (Å²) in [5, 5.41) is 13.2. The van der Waals surface area contributed by atoms with Gasteiger partial charge in [-0.05, 0) is 6.42 Å². The molecule has 0 aliphatic heterocycles. The first-order valence-corrected chi connectivity index (χ1v) is 5.96. The van der Waals surface area contributed by atoms with Crippen molar-refractivity contribution in [1.82, 2.24) is 9.78 Å². The standard InChI is InChI=1S/C11H20F2N4O/c1-3-4-8-10(14)11(16(2)15-8)17(5-6-18)7-9(12)13/h9,18H,3-7,14H2,1-2H3. The van der Waals surface area contributed by atoms with Crippen molar-refractivity contribution in [2.45, 2.75) is 26.2 Å². The minimum absolute atomic E-state index is 0.111. The third kappa shape index (κ3) is 3.32. The summed E-state index contributed by atoms with van der Waals surface area (Å²) < 4.78 is 26.5. The van der Waals surface area contributed by atoms with Gasteiger partial charge in [0.1, 0.15) is 0 Å². The molecule has 0 unspecified atom stereocenters. The quantitative estimate of drug-likeness (QED) is 0.770. The number of aryl methyl sites for hydroxylation is 2. The summed E-state index contributed by atoms with van der Waals surface area (Å²) in [6.45, 7) is 1.44. The average Bonchev–Trinajstić information content (AvgIpc) is 2.54. The normalized spacial score (nSPS) is 11.2. The maximum atomic E-state index is 12.5. The maximum absolute atomic E-state index is 12.5. The predicted molar refractivity (Wildman–Crippen MR) is 66.9 cm³/mol. The van der Waals surface area contributed by atoms with E-state index >= 15 is 0 Å². The summed E-state index contributed by atoms with van der Waals surface area (Å²) in [7, 11) is 1.67. The molecule has 7 heteroatoms. The summed E-state index contributed by atoms with van der Waals surface area (Å²) in [4.78, 5) is 1.37. The molecule has 0 saturated heterocycles. The lowest BCUT2D eigenvalue weighted by Gasteiger charge is -2.23. The number of aliphatic hydroxyl groups excluding tert-OH is 1. The average molecular weight is 262 g/mol. The number of rotatable bonds is 7. The Morgan fingerprint density at radius 2 is 2.17 bits per heavy atom. The smallest absolute Gasteiger partial charge is 0.255 e. The molecule has 18 heavy (non-hydrogen) atoms. The molecule has 0 aliphatic carbocycles. The highest BCUT2D eigenvalue weighted by atomic mass is 19.3. The van der Waals surface area contributed by atoms with Gasteiger partial charge in [-0.25, -0.2) is 8.78 Å². The fourth-order valence-electron chi connectivity index (χ4n) is 1.95. The molecule has 1 heterocycles. The Morgan fingerprint density at radius 3 is 2.67 bits per heavy atom. The molecular weight excluding hydrogens is 242 g/mol. The molecule has 1 aromatic rings. The maximum Gasteiger partial charge on any atom is 0.255 e. The minimum Gasteiger partial charge on any atom is -0.395 e. The molecule has 3 N–H and O–H groups in total. The van der Waals surface area contributed by atoms with Gasteiger partial charge in [0.2, 0.25) is 0 Å². The molecule has 0 aliphatic rings. The van der Waals surface area contributed by atoms with Gasteiger partial charge in [0, 0.05) is 13.6 Å². The van der Waals surface area contributed by atoms with Gasteiger partial charge in [-0.15, -0.1) is 0 Å². The lowest BCUT2D eigenvalue weighted by Crippen LogP contribution is -2.33. The number of nitrogen functional groups attached to an aromatic ring is 1. The Bertz CT molecular complexity index is 381. The van der Waals surface area contributed by atoms with Crippen molar-refractivity contribution < 1.29 is 13.9 Å². The van der Waals surface area contributed by atoms with Crippen LogP contribution in [0.3, 0.4) is 0 Å². The monoisotopic (exact) mass is 262 g/mol. The van der Waals surface area contributed by atoms with Gasteiger partial charge < -0.3 is 15.7 Å². The van der Waals surface area contributed by atoms with E-state index < -0.39 is 13.0 Å². The van der Waals surface area contributed by atoms with E-state index in [4.69, 9.17) is 10.8 Å². The first kappa shape index (κ1) is 14.7. The molecule has 0 atom stereocenters. The number of nitrogens with two attached hydrogens (primary N) is 1. The Morgan fingerprint density at radius 1 is 1.50 bits per heavy atom. The van der Waals surface area contributed by atoms with Gasteiger partial charge in [0.05, 0.1) is 24.5 Å². The first-order valence-electron chi connectivity index (χ1n) is 5.96. The van der Waals surface area contributed by atoms with E-state index in [-0.39, 0.29) is 13.2 Å². The van der Waals surface area contributed by atoms with Crippen LogP contribution in [0.15, 0.2) is 0 Å². The summed E-state index contributed by atoms with van der Waals surface area (Å²) in [6.07, 6.45) is -0.892. The van der Waals surface area contributed by atoms with Crippen molar-refractivity contribution in [3.05, 3.63) is 5.69 Å². The highest BCUT2D eigenvalue weighted by Crippen LogP contribution is 2.27. The molecule has 0 amide bonds. The lowest BCUT2D eigenvalue weighted by molar-refractivity contribution is 0.152. The summed E-state index contributed by atoms with van der Waals surface area (Å²) in [5.41, 5.74) is 7.09. The van der Waals surface area contributed by atoms with Crippen molar-refractivity contribution in [1.29, 1.82) is 0 Å². The molecule has 104 valence electrons. The summed E-state index contributed by atoms with van der Waals surface area (Å²) >= 11 is 0. The molecule has 0 bridgehead atoms. The Hall–Kier alpha value is -1.37. The number of anilines is 2. The number of alkyl halides is 2. The van der Waals surface area contributed by atoms with Crippen molar-refractivity contribution in [3.63, 3.8) is 0 Å². The second-order valence-electron chi connectivity index (χ2n) is 4.12. The van der Waals surface area contributed by atoms with E-state index in [1.54, 1.807) is 7.05 Å². The highest BCUT2D eigenvalue weighted by molar-refractivity contribution is 5.66. The fourth-order valence-corrected chi connectivity index (χ4v) is 1.95. The largest absolute Gasteiger partial charge is 0.395 e. The van der Waals surface area contributed by atoms with Crippen LogP contribution < -0.4 is 10.6 Å². The molecule has 0 radical (unpaired) electrons. The molecule has 1 aromatic heterocycles. The van der Waals surface area contributed by atoms with Crippen LogP contribution >= 0.6 is 0 Å². The Labute approximate surface area is 105 Å². The number of halogens is 2. The third-order valence-electron chi connectivity index (χ3n) is 2.64. The molecule has 0 aromatic carbocycles. The lowest BCUT2D eigenvalue weighted by atomic mass is 10.2. The second kappa shape index (κ2) is 6.53. The fraction of sp³-hybridized carbons (Fsp3) is 0.727. The van der Waals surface area contributed by atoms with E-state index in [1.807, 2.05) is 6.92 Å². The van der Waals surface area contributed by atoms with E-state index in [0.29, 0.717) is 23.6 Å². The van der Waals surface area contributed by atoms with Crippen molar-refractivity contribution in [3.8, 4) is 0 Å². The predicted octanol–water partition coefficient (Wildman–Crippen LogP) is 1.02. The van der Waals surface area contributed by atoms with E-state index in [1.165, 1.54) is 9.58 Å². The number of aliphatic hydroxyl groups is 1. The van der Waals surface area contributed by atoms with Gasteiger partial charge in [0.25, 0.3) is 6.43 Å². The van der Waals surface area contributed by atoms with Crippen LogP contribution in [0.2, 0.25) is 0 Å². The van der Waals surface area contributed by atoms with E-state index in [9.17, 15) is 8.78 Å². The van der Waals surface area contributed by atoms with Crippen molar-refractivity contribution in [2.24, 2.45) is 7.05 Å². The summed E-state index contributed by atoms with van der Waals surface area (Å²) in [5.74, 6) is 0.452. The second-order valence-corrected chi connectivity index (χ2v) is 4.12. The molecule has 5 nitrogen and oxygen atoms in total. The van der Waals surface area contributed by atoms with Crippen LogP contribution in [0, 0.1) is 0 Å². The first-order chi connectivity index (χ1) is 8.51. The molecular formula is C11H20F2N4O. The van der Waals surface area contributed by atoms with Crippen LogP contribution in [-0.2, 0) is 13.5 Å². The van der Waals surface area contributed by atoms with Crippen LogP contribution in [-0.4, -0.2) is 41.0 Å². The topological polar surface area (TPSA) is 67.3 Å². The molecule has 0 spiro atoms. The molecule has 1 rings (SSSR count). The van der Waals surface area contributed by atoms with Gasteiger partial charge in [0.15, 0.2) is 5.82 Å². The summed E-state index contributed by atoms with van der Waals surface area (Å²) in [6, 6.07) is 0. The van der Waals surface area contributed by atoms with Gasteiger partial charge in [-0.2, -0.15) is 5.10 Å². The highest BCUT2D eigenvalue weighted by Gasteiger charge is 2.21. The number of hydrogen-bond acceptors (Lipinski definition) is 4. The van der Waals surface area contributed by atoms with Crippen LogP contribution in [0.1, 0.15) is 19.0 Å². The minimum atomic E-state index is -2.49. The Kier molecular flexibility index (Phi) is 5.33. The molecule has 0 fully saturated rings. The van der Waals surface area contributed by atoms with Crippen LogP contribution in [0.5, 0.6) is 0 Å². The SMILES string of the molecule is CCCc1nn(C)c(N(CCO)CC(F)F)c1N. The zero-order valence-corrected chi connectivity index (χ0v) is 10.7.